The minimum atomic E-state index is -3.42. The van der Waals surface area contributed by atoms with E-state index >= 15 is 0 Å². The summed E-state index contributed by atoms with van der Waals surface area (Å²) in [5.74, 6) is -3.30. The summed E-state index contributed by atoms with van der Waals surface area (Å²) < 4.78 is 67.9. The lowest BCUT2D eigenvalue weighted by Crippen LogP contribution is -2.58. The molecule has 0 radical (unpaired) electrons. The van der Waals surface area contributed by atoms with Gasteiger partial charge in [-0.25, -0.2) is 21.6 Å². The maximum Gasteiger partial charge on any atom is 0.254 e. The van der Waals surface area contributed by atoms with Crippen molar-refractivity contribution in [2.75, 3.05) is 23.6 Å². The van der Waals surface area contributed by atoms with Crippen LogP contribution >= 0.6 is 0 Å². The van der Waals surface area contributed by atoms with Gasteiger partial charge in [-0.3, -0.25) is 14.4 Å². The molecule has 0 saturated carbocycles. The van der Waals surface area contributed by atoms with E-state index in [1.54, 1.807) is 41.0 Å². The molecule has 0 spiro atoms. The molecule has 6 nitrogen and oxygen atoms in total. The molecular weight excluding hydrogens is 455 g/mol. The third-order valence-corrected chi connectivity index (χ3v) is 7.12. The Kier molecular flexibility index (Phi) is 7.69. The molecule has 3 rings (SSSR count). The van der Waals surface area contributed by atoms with Crippen molar-refractivity contribution in [2.24, 2.45) is 0 Å². The summed E-state index contributed by atoms with van der Waals surface area (Å²) in [6.45, 7) is 6.08. The number of halogens is 3. The highest BCUT2D eigenvalue weighted by atomic mass is 32.2. The Bertz CT molecular complexity index is 1100. The van der Waals surface area contributed by atoms with Crippen molar-refractivity contribution in [3.05, 3.63) is 65.0 Å². The molecule has 2 aromatic rings. The topological polar surface area (TPSA) is 69.7 Å². The van der Waals surface area contributed by atoms with Crippen LogP contribution in [0.5, 0.6) is 0 Å². The number of sulfonamides is 1. The molecule has 2 aromatic carbocycles. The van der Waals surface area contributed by atoms with Crippen molar-refractivity contribution >= 4 is 21.6 Å². The minimum absolute atomic E-state index is 0. The molecule has 0 aromatic heterocycles. The second-order valence-corrected chi connectivity index (χ2v) is 10.3. The zero-order valence-corrected chi connectivity index (χ0v) is 19.6. The fourth-order valence-electron chi connectivity index (χ4n) is 4.23. The van der Waals surface area contributed by atoms with E-state index in [2.05, 4.69) is 4.72 Å². The van der Waals surface area contributed by atoms with E-state index in [9.17, 15) is 26.4 Å². The quantitative estimate of drug-likeness (QED) is 0.596. The minimum Gasteiger partial charge on any atom is -0.331 e. The number of carbonyl (C=O) groups is 1. The summed E-state index contributed by atoms with van der Waals surface area (Å²) in [5, 5.41) is 0. The highest BCUT2D eigenvalue weighted by Gasteiger charge is 2.34. The van der Waals surface area contributed by atoms with Crippen LogP contribution < -0.4 is 4.72 Å². The summed E-state index contributed by atoms with van der Waals surface area (Å²) in [7, 11) is -3.42. The number of nitrogens with zero attached hydrogens (tertiary/aromatic N) is 2. The average molecular weight is 486 g/mol. The molecule has 1 aliphatic heterocycles. The van der Waals surface area contributed by atoms with Crippen molar-refractivity contribution in [2.45, 2.75) is 45.8 Å². The number of amides is 1. The Morgan fingerprint density at radius 2 is 1.61 bits per heavy atom. The zero-order chi connectivity index (χ0) is 24.3. The molecule has 2 atom stereocenters. The number of carbonyl (C=O) groups excluding carboxylic acids is 1. The van der Waals surface area contributed by atoms with Crippen LogP contribution in [0.15, 0.2) is 36.4 Å². The number of anilines is 1. The molecule has 1 N–H and O–H groups in total. The van der Waals surface area contributed by atoms with Gasteiger partial charge in [-0.15, -0.1) is 0 Å². The first-order chi connectivity index (χ1) is 15.5. The smallest absolute Gasteiger partial charge is 0.254 e. The number of hydrogen-bond acceptors (Lipinski definition) is 4. The first-order valence-corrected chi connectivity index (χ1v) is 12.5. The second-order valence-electron chi connectivity index (χ2n) is 8.42. The maximum atomic E-state index is 14.1. The maximum absolute atomic E-state index is 14.1. The molecule has 2 unspecified atom stereocenters. The Morgan fingerprint density at radius 3 is 2.18 bits per heavy atom. The lowest BCUT2D eigenvalue weighted by molar-refractivity contribution is 0.0262. The van der Waals surface area contributed by atoms with Gasteiger partial charge in [0.25, 0.3) is 5.91 Å². The van der Waals surface area contributed by atoms with Crippen LogP contribution in [0.4, 0.5) is 18.9 Å². The number of nitrogens with one attached hydrogen (secondary N) is 1. The van der Waals surface area contributed by atoms with E-state index in [1.807, 2.05) is 13.8 Å². The Labute approximate surface area is 193 Å². The van der Waals surface area contributed by atoms with Crippen molar-refractivity contribution in [1.29, 1.82) is 0 Å². The number of rotatable bonds is 7. The molecule has 1 aliphatic rings. The predicted octanol–water partition coefficient (Wildman–Crippen LogP) is 4.24. The normalized spacial score (nSPS) is 19.5. The van der Waals surface area contributed by atoms with Crippen LogP contribution in [0.1, 0.15) is 44.5 Å². The monoisotopic (exact) mass is 485 g/mol. The molecule has 1 amide bonds. The van der Waals surface area contributed by atoms with Gasteiger partial charge in [-0.05, 0) is 56.7 Å². The molecule has 1 heterocycles. The molecule has 0 aliphatic carbocycles. The van der Waals surface area contributed by atoms with E-state index in [4.69, 9.17) is 0 Å². The SMILES string of the molecule is CCCS(=O)(=O)Nc1ccc(C(=O)N2C(C)CN(Cc3c(F)ccc(F)c3F)CC2C)cc1.[HH]. The van der Waals surface area contributed by atoms with Crippen LogP contribution in [-0.4, -0.2) is 55.1 Å². The lowest BCUT2D eigenvalue weighted by Gasteiger charge is -2.44. The Balaban J connectivity index is 0.00000408. The van der Waals surface area contributed by atoms with Gasteiger partial charge in [-0.1, -0.05) is 6.92 Å². The first-order valence-electron chi connectivity index (χ1n) is 10.8. The average Bonchev–Trinajstić information content (AvgIpc) is 2.73. The van der Waals surface area contributed by atoms with Gasteiger partial charge < -0.3 is 4.90 Å². The standard InChI is InChI=1S/C23H28F3N3O3S.H2/c1-4-11-33(31,32)27-18-7-5-17(6-8-18)23(30)29-15(2)12-28(13-16(29)3)14-19-20(24)9-10-21(25)22(19)26;/h5-10,15-16,27H,4,11-14H2,1-3H3;1H. The van der Waals surface area contributed by atoms with Gasteiger partial charge in [0.15, 0.2) is 11.6 Å². The van der Waals surface area contributed by atoms with Crippen molar-refractivity contribution in [3.8, 4) is 0 Å². The van der Waals surface area contributed by atoms with Crippen LogP contribution in [-0.2, 0) is 16.6 Å². The number of piperazine rings is 1. The summed E-state index contributed by atoms with van der Waals surface area (Å²) in [4.78, 5) is 16.6. The van der Waals surface area contributed by atoms with Crippen molar-refractivity contribution in [3.63, 3.8) is 0 Å². The molecule has 1 fully saturated rings. The van der Waals surface area contributed by atoms with E-state index in [0.717, 1.165) is 12.1 Å². The van der Waals surface area contributed by atoms with Crippen LogP contribution in [0.3, 0.4) is 0 Å². The number of benzene rings is 2. The van der Waals surface area contributed by atoms with E-state index in [-0.39, 0.29) is 37.3 Å². The van der Waals surface area contributed by atoms with Gasteiger partial charge in [0.05, 0.1) is 5.75 Å². The highest BCUT2D eigenvalue weighted by Crippen LogP contribution is 2.24. The predicted molar refractivity (Wildman–Crippen MR) is 123 cm³/mol. The molecule has 1 saturated heterocycles. The van der Waals surface area contributed by atoms with Crippen LogP contribution in [0.2, 0.25) is 0 Å². The van der Waals surface area contributed by atoms with Gasteiger partial charge in [0.2, 0.25) is 10.0 Å². The fraction of sp³-hybridized carbons (Fsp3) is 0.435. The van der Waals surface area contributed by atoms with Gasteiger partial charge >= 0.3 is 0 Å². The molecule has 0 bridgehead atoms. The van der Waals surface area contributed by atoms with Crippen molar-refractivity contribution in [1.82, 2.24) is 9.80 Å². The highest BCUT2D eigenvalue weighted by molar-refractivity contribution is 7.92. The fourth-order valence-corrected chi connectivity index (χ4v) is 5.36. The third kappa shape index (κ3) is 5.86. The van der Waals surface area contributed by atoms with Gasteiger partial charge in [0, 0.05) is 50.0 Å². The van der Waals surface area contributed by atoms with Gasteiger partial charge in [-0.2, -0.15) is 0 Å². The molecule has 10 heteroatoms. The van der Waals surface area contributed by atoms with Crippen LogP contribution in [0.25, 0.3) is 0 Å². The number of hydrogen-bond donors (Lipinski definition) is 1. The summed E-state index contributed by atoms with van der Waals surface area (Å²) in [6.07, 6.45) is 0.492. The molecule has 33 heavy (non-hydrogen) atoms. The largest absolute Gasteiger partial charge is 0.331 e. The summed E-state index contributed by atoms with van der Waals surface area (Å²) in [5.41, 5.74) is 0.461. The third-order valence-electron chi connectivity index (χ3n) is 5.63. The van der Waals surface area contributed by atoms with E-state index < -0.39 is 27.5 Å². The molecule has 182 valence electrons. The summed E-state index contributed by atoms with van der Waals surface area (Å²) >= 11 is 0. The summed E-state index contributed by atoms with van der Waals surface area (Å²) in [6, 6.07) is 7.36. The van der Waals surface area contributed by atoms with E-state index in [0.29, 0.717) is 30.8 Å². The zero-order valence-electron chi connectivity index (χ0n) is 18.8. The Hall–Kier alpha value is -2.59. The second kappa shape index (κ2) is 10.1. The Morgan fingerprint density at radius 1 is 1.03 bits per heavy atom. The van der Waals surface area contributed by atoms with Crippen molar-refractivity contribution < 1.29 is 27.8 Å². The molecular formula is C23H30F3N3O3S. The lowest BCUT2D eigenvalue weighted by atomic mass is 10.0. The van der Waals surface area contributed by atoms with E-state index in [1.165, 1.54) is 0 Å². The first kappa shape index (κ1) is 25.0. The van der Waals surface area contributed by atoms with Crippen LogP contribution in [0, 0.1) is 17.5 Å². The van der Waals surface area contributed by atoms with Gasteiger partial charge in [0.1, 0.15) is 5.82 Å².